The van der Waals surface area contributed by atoms with Gasteiger partial charge >= 0.3 is 49.4 Å². The van der Waals surface area contributed by atoms with Crippen molar-refractivity contribution in [3.63, 3.8) is 0 Å². The Morgan fingerprint density at radius 1 is 1.14 bits per heavy atom. The van der Waals surface area contributed by atoms with Gasteiger partial charge in [-0.25, -0.2) is 0 Å². The Bertz CT molecular complexity index is 12.9. The number of hydrogen-bond donors (Lipinski definition) is 1. The molecule has 0 atom stereocenters. The van der Waals surface area contributed by atoms with Crippen LogP contribution in [0, 0.1) is 49.4 Å². The summed E-state index contributed by atoms with van der Waals surface area (Å²) in [5, 5.41) is 7.57. The molecule has 0 aliphatic carbocycles. The van der Waals surface area contributed by atoms with Crippen molar-refractivity contribution in [2.45, 2.75) is 6.92 Å². The normalized spacial score (nSPS) is 2.57. The number of aliphatic hydroxyl groups excluding tert-OH is 1. The summed E-state index contributed by atoms with van der Waals surface area (Å²) in [5.41, 5.74) is 0. The molecule has 0 unspecified atom stereocenters. The van der Waals surface area contributed by atoms with Crippen molar-refractivity contribution in [2.24, 2.45) is 0 Å². The van der Waals surface area contributed by atoms with Gasteiger partial charge in [0.25, 0.3) is 0 Å². The summed E-state index contributed by atoms with van der Waals surface area (Å²) in [5.74, 6) is 0. The zero-order chi connectivity index (χ0) is 2.71. The number of halogens is 3. The van der Waals surface area contributed by atoms with Crippen molar-refractivity contribution < 1.29 is 91.7 Å². The van der Waals surface area contributed by atoms with Crippen molar-refractivity contribution >= 4 is 0 Å². The predicted molar refractivity (Wildman–Crippen MR) is 12.8 cm³/mol. The Balaban J connectivity index is -0.00000000333. The van der Waals surface area contributed by atoms with Crippen molar-refractivity contribution in [3.8, 4) is 0 Å². The summed E-state index contributed by atoms with van der Waals surface area (Å²) in [7, 11) is 0. The monoisotopic (exact) mass is 304 g/mol. The Kier molecular flexibility index (Phi) is 194. The molecule has 0 saturated heterocycles. The fourth-order valence-electron chi connectivity index (χ4n) is 0. The summed E-state index contributed by atoms with van der Waals surface area (Å²) >= 11 is 0. The molecular weight excluding hydrogens is 298 g/mol. The van der Waals surface area contributed by atoms with E-state index < -0.39 is 0 Å². The molecule has 0 radical (unpaired) electrons. The van der Waals surface area contributed by atoms with Crippen LogP contribution < -0.4 is 37.2 Å². The van der Waals surface area contributed by atoms with Crippen LogP contribution in [0.5, 0.6) is 0 Å². The number of aliphatic hydroxyl groups is 1. The van der Waals surface area contributed by atoms with E-state index in [4.69, 9.17) is 5.11 Å². The van der Waals surface area contributed by atoms with Crippen LogP contribution in [0.4, 0.5) is 0 Å². The third-order valence-corrected chi connectivity index (χ3v) is 0. The van der Waals surface area contributed by atoms with E-state index in [-0.39, 0.29) is 93.2 Å². The molecule has 0 saturated carbocycles. The van der Waals surface area contributed by atoms with Crippen molar-refractivity contribution in [2.75, 3.05) is 6.61 Å². The molecular formula is C2H6Cl3EuO. The molecule has 0 aliphatic heterocycles. The molecule has 0 aliphatic rings. The van der Waals surface area contributed by atoms with Gasteiger partial charge in [0.15, 0.2) is 0 Å². The van der Waals surface area contributed by atoms with Gasteiger partial charge in [0.1, 0.15) is 0 Å². The van der Waals surface area contributed by atoms with E-state index in [0.717, 1.165) is 0 Å². The molecule has 48 valence electrons. The van der Waals surface area contributed by atoms with Gasteiger partial charge in [0.05, 0.1) is 0 Å². The molecule has 0 fully saturated rings. The van der Waals surface area contributed by atoms with E-state index in [1.54, 1.807) is 6.92 Å². The Morgan fingerprint density at radius 3 is 1.14 bits per heavy atom. The molecule has 1 nitrogen and oxygen atoms in total. The molecule has 5 heteroatoms. The quantitative estimate of drug-likeness (QED) is 0.471. The smallest absolute Gasteiger partial charge is 1.00 e. The Labute approximate surface area is 103 Å². The van der Waals surface area contributed by atoms with Crippen LogP contribution in [0.2, 0.25) is 0 Å². The standard InChI is InChI=1S/C2H6O.3ClH.Eu/c1-2-3;;;;/h3H,2H2,1H3;3*1H;/q;;;;+3/p-3. The van der Waals surface area contributed by atoms with Crippen molar-refractivity contribution in [1.82, 2.24) is 0 Å². The van der Waals surface area contributed by atoms with Gasteiger partial charge in [-0.15, -0.1) is 0 Å². The molecule has 0 aromatic rings. The summed E-state index contributed by atoms with van der Waals surface area (Å²) in [6.07, 6.45) is 0. The summed E-state index contributed by atoms with van der Waals surface area (Å²) in [6.45, 7) is 1.93. The SMILES string of the molecule is CCO.[Cl-].[Cl-].[Cl-].[Eu+3]. The van der Waals surface area contributed by atoms with E-state index in [1.807, 2.05) is 0 Å². The van der Waals surface area contributed by atoms with Crippen LogP contribution in [-0.4, -0.2) is 11.7 Å². The first-order valence-corrected chi connectivity index (χ1v) is 1.02. The minimum atomic E-state index is 0. The minimum absolute atomic E-state index is 0. The fourth-order valence-corrected chi connectivity index (χ4v) is 0. The van der Waals surface area contributed by atoms with Gasteiger partial charge in [-0.3, -0.25) is 0 Å². The Morgan fingerprint density at radius 2 is 1.14 bits per heavy atom. The maximum atomic E-state index is 7.57. The van der Waals surface area contributed by atoms with Gasteiger partial charge in [-0.05, 0) is 6.92 Å². The molecule has 0 heterocycles. The first kappa shape index (κ1) is 34.2. The average Bonchev–Trinajstić information content (AvgIpc) is 0.918. The molecule has 0 aromatic carbocycles. The third kappa shape index (κ3) is 59.4. The van der Waals surface area contributed by atoms with Gasteiger partial charge in [0, 0.05) is 6.61 Å². The van der Waals surface area contributed by atoms with E-state index >= 15 is 0 Å². The second-order valence-corrected chi connectivity index (χ2v) is 0.316. The zero-order valence-corrected chi connectivity index (χ0v) is 8.36. The first-order chi connectivity index (χ1) is 1.41. The fraction of sp³-hybridized carbons (Fsp3) is 1.00. The van der Waals surface area contributed by atoms with Crippen LogP contribution in [0.3, 0.4) is 0 Å². The van der Waals surface area contributed by atoms with Crippen LogP contribution in [0.25, 0.3) is 0 Å². The van der Waals surface area contributed by atoms with E-state index in [0.29, 0.717) is 0 Å². The summed E-state index contributed by atoms with van der Waals surface area (Å²) < 4.78 is 0. The first-order valence-electron chi connectivity index (χ1n) is 1.02. The van der Waals surface area contributed by atoms with E-state index in [2.05, 4.69) is 0 Å². The molecule has 0 spiro atoms. The molecule has 0 rings (SSSR count). The molecule has 1 N–H and O–H groups in total. The van der Waals surface area contributed by atoms with E-state index in [1.165, 1.54) is 0 Å². The predicted octanol–water partition coefficient (Wildman–Crippen LogP) is -8.99. The number of rotatable bonds is 0. The van der Waals surface area contributed by atoms with Gasteiger partial charge in [-0.2, -0.15) is 0 Å². The topological polar surface area (TPSA) is 20.2 Å². The maximum Gasteiger partial charge on any atom is 3.00 e. The molecule has 0 bridgehead atoms. The molecule has 0 aromatic heterocycles. The van der Waals surface area contributed by atoms with Gasteiger partial charge in [-0.1, -0.05) is 0 Å². The Hall–Kier alpha value is 2.41. The van der Waals surface area contributed by atoms with Crippen LogP contribution in [0.1, 0.15) is 6.92 Å². The average molecular weight is 304 g/mol. The van der Waals surface area contributed by atoms with Crippen molar-refractivity contribution in [1.29, 1.82) is 0 Å². The maximum absolute atomic E-state index is 7.57. The summed E-state index contributed by atoms with van der Waals surface area (Å²) in [4.78, 5) is 0. The van der Waals surface area contributed by atoms with Crippen LogP contribution in [0.15, 0.2) is 0 Å². The minimum Gasteiger partial charge on any atom is -1.00 e. The van der Waals surface area contributed by atoms with E-state index in [9.17, 15) is 0 Å². The van der Waals surface area contributed by atoms with Crippen molar-refractivity contribution in [3.05, 3.63) is 0 Å². The summed E-state index contributed by atoms with van der Waals surface area (Å²) in [6, 6.07) is 0. The second kappa shape index (κ2) is 39.7. The number of hydrogen-bond acceptors (Lipinski definition) is 1. The van der Waals surface area contributed by atoms with Gasteiger partial charge < -0.3 is 42.3 Å². The molecule has 7 heavy (non-hydrogen) atoms. The second-order valence-electron chi connectivity index (χ2n) is 0.316. The molecule has 0 amide bonds. The largest absolute Gasteiger partial charge is 3.00 e. The van der Waals surface area contributed by atoms with Gasteiger partial charge in [0.2, 0.25) is 0 Å². The zero-order valence-electron chi connectivity index (χ0n) is 3.67. The van der Waals surface area contributed by atoms with Crippen LogP contribution in [-0.2, 0) is 0 Å². The van der Waals surface area contributed by atoms with Crippen LogP contribution >= 0.6 is 0 Å². The third-order valence-electron chi connectivity index (χ3n) is 0.